The van der Waals surface area contributed by atoms with Crippen molar-refractivity contribution in [3.63, 3.8) is 0 Å². The summed E-state index contributed by atoms with van der Waals surface area (Å²) in [6.07, 6.45) is 5.63. The van der Waals surface area contributed by atoms with Crippen LogP contribution in [0.2, 0.25) is 0 Å². The van der Waals surface area contributed by atoms with Crippen LogP contribution in [0.15, 0.2) is 53.6 Å². The van der Waals surface area contributed by atoms with Crippen LogP contribution in [-0.2, 0) is 20.7 Å². The van der Waals surface area contributed by atoms with Crippen LogP contribution in [0, 0.1) is 13.8 Å². The van der Waals surface area contributed by atoms with Crippen molar-refractivity contribution in [1.82, 2.24) is 14.7 Å². The zero-order valence-electron chi connectivity index (χ0n) is 20.2. The number of nitrogens with zero attached hydrogens (tertiary/aromatic N) is 3. The Morgan fingerprint density at radius 1 is 1.06 bits per heavy atom. The number of rotatable bonds is 6. The molecule has 2 aromatic heterocycles. The van der Waals surface area contributed by atoms with Gasteiger partial charge in [-0.2, -0.15) is 4.57 Å². The van der Waals surface area contributed by atoms with Crippen molar-refractivity contribution in [2.75, 3.05) is 13.2 Å². The molecule has 1 aromatic carbocycles. The number of pyridine rings is 1. The highest BCUT2D eigenvalue weighted by Crippen LogP contribution is 2.31. The van der Waals surface area contributed by atoms with Gasteiger partial charge in [0.15, 0.2) is 12.4 Å². The second-order valence-corrected chi connectivity index (χ2v) is 9.17. The zero-order chi connectivity index (χ0) is 24.7. The minimum absolute atomic E-state index is 0.135. The molecule has 1 saturated heterocycles. The molecule has 180 valence electrons. The van der Waals surface area contributed by atoms with Crippen LogP contribution >= 0.6 is 0 Å². The van der Waals surface area contributed by atoms with E-state index in [9.17, 15) is 14.4 Å². The molecule has 8 heteroatoms. The van der Waals surface area contributed by atoms with Crippen molar-refractivity contribution in [2.45, 2.75) is 46.1 Å². The van der Waals surface area contributed by atoms with Gasteiger partial charge in [0.05, 0.1) is 23.9 Å². The van der Waals surface area contributed by atoms with Crippen LogP contribution in [-0.4, -0.2) is 45.8 Å². The molecule has 0 spiro atoms. The summed E-state index contributed by atoms with van der Waals surface area (Å²) in [6, 6.07) is 11.2. The highest BCUT2D eigenvalue weighted by Gasteiger charge is 2.48. The predicted molar refractivity (Wildman–Crippen MR) is 131 cm³/mol. The Morgan fingerprint density at radius 2 is 1.77 bits per heavy atom. The molecule has 0 aliphatic carbocycles. The average Bonchev–Trinajstić information content (AvgIpc) is 3.52. The van der Waals surface area contributed by atoms with E-state index in [-0.39, 0.29) is 35.0 Å². The summed E-state index contributed by atoms with van der Waals surface area (Å²) in [5.74, 6) is -0.873. The number of carbonyl (C=O) groups is 2. The van der Waals surface area contributed by atoms with Gasteiger partial charge in [0.1, 0.15) is 5.57 Å². The second-order valence-electron chi connectivity index (χ2n) is 9.17. The molecular weight excluding hydrogens is 444 g/mol. The molecule has 5 rings (SSSR count). The Bertz CT molecular complexity index is 1370. The molecule has 0 bridgehead atoms. The number of aromatic nitrogens is 3. The number of amides is 2. The lowest BCUT2D eigenvalue weighted by Crippen LogP contribution is -2.42. The Hall–Kier alpha value is -3.78. The maximum atomic E-state index is 13.8. The summed E-state index contributed by atoms with van der Waals surface area (Å²) in [6.45, 7) is 6.59. The van der Waals surface area contributed by atoms with Crippen molar-refractivity contribution < 1.29 is 18.9 Å². The van der Waals surface area contributed by atoms with Crippen molar-refractivity contribution in [3.05, 3.63) is 81.5 Å². The number of hydrogen-bond acceptors (Lipinski definition) is 4. The van der Waals surface area contributed by atoms with E-state index in [0.29, 0.717) is 24.4 Å². The van der Waals surface area contributed by atoms with Crippen molar-refractivity contribution >= 4 is 23.1 Å². The summed E-state index contributed by atoms with van der Waals surface area (Å²) in [5, 5.41) is 3.17. The molecular formula is C27H29N4O4+. The molecule has 1 atom stereocenters. The number of hydrogen-bond donors (Lipinski definition) is 1. The number of para-hydroxylation sites is 1. The highest BCUT2D eigenvalue weighted by molar-refractivity contribution is 6.44. The summed E-state index contributed by atoms with van der Waals surface area (Å²) in [7, 11) is 0. The van der Waals surface area contributed by atoms with Crippen LogP contribution in [0.3, 0.4) is 0 Å². The molecule has 0 radical (unpaired) electrons. The minimum atomic E-state index is -0.460. The number of nitrogens with one attached hydrogen (secondary N) is 1. The summed E-state index contributed by atoms with van der Waals surface area (Å²) in [4.78, 5) is 42.6. The van der Waals surface area contributed by atoms with E-state index in [0.717, 1.165) is 24.0 Å². The Morgan fingerprint density at radius 3 is 2.40 bits per heavy atom. The number of benzene rings is 1. The van der Waals surface area contributed by atoms with Crippen molar-refractivity contribution in [3.8, 4) is 5.69 Å². The fraction of sp³-hybridized carbons (Fsp3) is 0.333. The van der Waals surface area contributed by atoms with E-state index in [1.165, 1.54) is 9.58 Å². The number of carbonyl (C=O) groups excluding carboxylic acids is 2. The zero-order valence-corrected chi connectivity index (χ0v) is 20.2. The quantitative estimate of drug-likeness (QED) is 0.440. The van der Waals surface area contributed by atoms with Crippen molar-refractivity contribution in [1.29, 1.82) is 0 Å². The van der Waals surface area contributed by atoms with Gasteiger partial charge in [-0.25, -0.2) is 4.68 Å². The molecule has 2 amide bonds. The molecule has 35 heavy (non-hydrogen) atoms. The highest BCUT2D eigenvalue weighted by atomic mass is 16.5. The molecule has 8 nitrogen and oxygen atoms in total. The van der Waals surface area contributed by atoms with Gasteiger partial charge >= 0.3 is 5.91 Å². The Kier molecular flexibility index (Phi) is 5.98. The first kappa shape index (κ1) is 23.0. The molecule has 2 aliphatic heterocycles. The number of aryl methyl sites for hydroxylation is 3. The lowest BCUT2D eigenvalue weighted by atomic mass is 10.0. The molecule has 1 N–H and O–H groups in total. The lowest BCUT2D eigenvalue weighted by Gasteiger charge is -2.18. The molecule has 1 fully saturated rings. The molecule has 2 aliphatic rings. The monoisotopic (exact) mass is 473 g/mol. The van der Waals surface area contributed by atoms with Gasteiger partial charge in [0.25, 0.3) is 17.2 Å². The normalized spacial score (nSPS) is 18.3. The smallest absolute Gasteiger partial charge is 0.327 e. The van der Waals surface area contributed by atoms with Crippen LogP contribution in [0.4, 0.5) is 0 Å². The van der Waals surface area contributed by atoms with Crippen molar-refractivity contribution in [2.24, 2.45) is 0 Å². The van der Waals surface area contributed by atoms with E-state index >= 15 is 0 Å². The van der Waals surface area contributed by atoms with Gasteiger partial charge in [-0.05, 0) is 51.3 Å². The summed E-state index contributed by atoms with van der Waals surface area (Å²) < 4.78 is 8.84. The van der Waals surface area contributed by atoms with Gasteiger partial charge in [0.2, 0.25) is 0 Å². The fourth-order valence-electron chi connectivity index (χ4n) is 4.98. The summed E-state index contributed by atoms with van der Waals surface area (Å²) in [5.41, 5.74) is 3.38. The number of imide groups is 1. The van der Waals surface area contributed by atoms with Crippen LogP contribution < -0.4 is 10.1 Å². The molecule has 4 heterocycles. The number of aromatic amines is 1. The fourth-order valence-corrected chi connectivity index (χ4v) is 4.98. The predicted octanol–water partition coefficient (Wildman–Crippen LogP) is 2.55. The summed E-state index contributed by atoms with van der Waals surface area (Å²) >= 11 is 0. The van der Waals surface area contributed by atoms with E-state index in [1.807, 2.05) is 69.6 Å². The topological polar surface area (TPSA) is 88.3 Å². The first-order chi connectivity index (χ1) is 16.9. The van der Waals surface area contributed by atoms with E-state index in [1.54, 1.807) is 4.57 Å². The third kappa shape index (κ3) is 4.04. The standard InChI is InChI=1S/C27H28N4O4/c1-4-21-22(26(33)31(28-21)19-9-6-5-7-10-19)23-24(29-14-17(2)13-18(3)15-29)27(34)30(25(23)32)16-20-11-8-12-35-20/h5-7,9-10,13-15,20H,4,8,11-12,16H2,1-3H3/p+1. The molecule has 0 saturated carbocycles. The van der Waals surface area contributed by atoms with Gasteiger partial charge in [-0.1, -0.05) is 25.1 Å². The van der Waals surface area contributed by atoms with Gasteiger partial charge < -0.3 is 4.74 Å². The first-order valence-electron chi connectivity index (χ1n) is 12.0. The van der Waals surface area contributed by atoms with Crippen LogP contribution in [0.25, 0.3) is 17.0 Å². The third-order valence-corrected chi connectivity index (χ3v) is 6.54. The average molecular weight is 474 g/mol. The second kappa shape index (κ2) is 9.11. The van der Waals surface area contributed by atoms with Gasteiger partial charge in [-0.15, -0.1) is 0 Å². The van der Waals surface area contributed by atoms with Crippen LogP contribution in [0.5, 0.6) is 0 Å². The maximum absolute atomic E-state index is 13.8. The Balaban J connectivity index is 1.72. The maximum Gasteiger partial charge on any atom is 0.327 e. The minimum Gasteiger partial charge on any atom is -0.376 e. The molecule has 1 unspecified atom stereocenters. The molecule has 3 aromatic rings. The van der Waals surface area contributed by atoms with Gasteiger partial charge in [0, 0.05) is 23.4 Å². The first-order valence-corrected chi connectivity index (χ1v) is 12.0. The number of ether oxygens (including phenoxy) is 1. The van der Waals surface area contributed by atoms with E-state index < -0.39 is 11.8 Å². The number of H-pyrrole nitrogens is 1. The SMILES string of the molecule is CCc1[nH]n(-c2ccccc2)c(=O)c1C1=C([n+]2cc(C)cc(C)c2)C(=O)N(CC2CCCO2)C1=O. The van der Waals surface area contributed by atoms with E-state index in [4.69, 9.17) is 4.74 Å². The largest absolute Gasteiger partial charge is 0.376 e. The van der Waals surface area contributed by atoms with E-state index in [2.05, 4.69) is 5.10 Å². The third-order valence-electron chi connectivity index (χ3n) is 6.54. The lowest BCUT2D eigenvalue weighted by molar-refractivity contribution is -0.577. The van der Waals surface area contributed by atoms with Crippen LogP contribution in [0.1, 0.15) is 42.1 Å². The Labute approximate surface area is 203 Å². The van der Waals surface area contributed by atoms with Gasteiger partial charge in [-0.3, -0.25) is 24.4 Å².